The molecule has 0 aliphatic rings. The zero-order valence-electron chi connectivity index (χ0n) is 12.8. The predicted molar refractivity (Wildman–Crippen MR) is 79.5 cm³/mol. The first-order chi connectivity index (χ1) is 9.49. The second-order valence-corrected chi connectivity index (χ2v) is 5.01. The molecule has 0 fully saturated rings. The van der Waals surface area contributed by atoms with Crippen LogP contribution in [0.3, 0.4) is 0 Å². The monoisotopic (exact) mass is 282 g/mol. The largest absolute Gasteiger partial charge is 0.494 e. The van der Waals surface area contributed by atoms with E-state index in [1.807, 2.05) is 39.0 Å². The lowest BCUT2D eigenvalue weighted by molar-refractivity contribution is 0.0226. The Labute approximate surface area is 121 Å². The normalized spacial score (nSPS) is 15.5. The molecule has 0 aliphatic carbocycles. The molecule has 0 radical (unpaired) electrons. The Hall–Kier alpha value is -1.26. The van der Waals surface area contributed by atoms with E-state index in [9.17, 15) is 10.2 Å². The molecule has 0 aliphatic heterocycles. The van der Waals surface area contributed by atoms with Gasteiger partial charge in [-0.1, -0.05) is 6.92 Å². The summed E-state index contributed by atoms with van der Waals surface area (Å²) in [4.78, 5) is 0. The van der Waals surface area contributed by atoms with Crippen molar-refractivity contribution in [2.24, 2.45) is 0 Å². The summed E-state index contributed by atoms with van der Waals surface area (Å²) < 4.78 is 11.1. The number of hydrogen-bond donors (Lipinski definition) is 2. The SMILES string of the molecule is CCOc1ccc(OCC)c(C(C)CC(O)C(C)O)c1. The molecule has 0 saturated carbocycles. The predicted octanol–water partition coefficient (Wildman–Crippen LogP) is 2.72. The first kappa shape index (κ1) is 16.8. The summed E-state index contributed by atoms with van der Waals surface area (Å²) in [5, 5.41) is 19.3. The maximum atomic E-state index is 9.83. The third kappa shape index (κ3) is 4.69. The van der Waals surface area contributed by atoms with E-state index in [1.54, 1.807) is 6.92 Å². The Bertz CT molecular complexity index is 403. The summed E-state index contributed by atoms with van der Waals surface area (Å²) in [5.74, 6) is 1.67. The highest BCUT2D eigenvalue weighted by Crippen LogP contribution is 2.33. The average molecular weight is 282 g/mol. The van der Waals surface area contributed by atoms with Crippen molar-refractivity contribution in [1.82, 2.24) is 0 Å². The van der Waals surface area contributed by atoms with Gasteiger partial charge in [0.1, 0.15) is 11.5 Å². The van der Waals surface area contributed by atoms with E-state index in [0.717, 1.165) is 17.1 Å². The number of ether oxygens (including phenoxy) is 2. The van der Waals surface area contributed by atoms with Crippen LogP contribution in [0.15, 0.2) is 18.2 Å². The number of aliphatic hydroxyl groups excluding tert-OH is 2. The molecule has 2 N–H and O–H groups in total. The number of rotatable bonds is 8. The molecule has 0 heterocycles. The van der Waals surface area contributed by atoms with Crippen LogP contribution in [0, 0.1) is 0 Å². The Balaban J connectivity index is 2.95. The Morgan fingerprint density at radius 3 is 2.25 bits per heavy atom. The molecule has 0 amide bonds. The van der Waals surface area contributed by atoms with Gasteiger partial charge in [-0.25, -0.2) is 0 Å². The smallest absolute Gasteiger partial charge is 0.123 e. The summed E-state index contributed by atoms with van der Waals surface area (Å²) in [7, 11) is 0. The van der Waals surface area contributed by atoms with Crippen LogP contribution in [-0.2, 0) is 0 Å². The van der Waals surface area contributed by atoms with Gasteiger partial charge in [0.25, 0.3) is 0 Å². The van der Waals surface area contributed by atoms with Crippen LogP contribution < -0.4 is 9.47 Å². The van der Waals surface area contributed by atoms with Crippen molar-refractivity contribution in [3.63, 3.8) is 0 Å². The minimum Gasteiger partial charge on any atom is -0.494 e. The third-order valence-corrected chi connectivity index (χ3v) is 3.27. The molecule has 0 saturated heterocycles. The van der Waals surface area contributed by atoms with Crippen LogP contribution in [0.25, 0.3) is 0 Å². The molecule has 3 atom stereocenters. The van der Waals surface area contributed by atoms with E-state index in [0.29, 0.717) is 19.6 Å². The Morgan fingerprint density at radius 1 is 1.05 bits per heavy atom. The first-order valence-corrected chi connectivity index (χ1v) is 7.25. The molecule has 0 aromatic heterocycles. The first-order valence-electron chi connectivity index (χ1n) is 7.25. The van der Waals surface area contributed by atoms with Gasteiger partial charge >= 0.3 is 0 Å². The van der Waals surface area contributed by atoms with E-state index in [4.69, 9.17) is 9.47 Å². The summed E-state index contributed by atoms with van der Waals surface area (Å²) in [6.07, 6.45) is -0.994. The second-order valence-electron chi connectivity index (χ2n) is 5.01. The highest BCUT2D eigenvalue weighted by atomic mass is 16.5. The summed E-state index contributed by atoms with van der Waals surface area (Å²) in [6, 6.07) is 5.73. The van der Waals surface area contributed by atoms with Crippen molar-refractivity contribution in [1.29, 1.82) is 0 Å². The molecular weight excluding hydrogens is 256 g/mol. The third-order valence-electron chi connectivity index (χ3n) is 3.27. The topological polar surface area (TPSA) is 58.9 Å². The summed E-state index contributed by atoms with van der Waals surface area (Å²) in [5.41, 5.74) is 0.998. The van der Waals surface area contributed by atoms with Gasteiger partial charge in [-0.3, -0.25) is 0 Å². The van der Waals surface area contributed by atoms with Crippen molar-refractivity contribution in [2.75, 3.05) is 13.2 Å². The molecule has 1 rings (SSSR count). The van der Waals surface area contributed by atoms with Crippen molar-refractivity contribution in [3.05, 3.63) is 23.8 Å². The lowest BCUT2D eigenvalue weighted by Crippen LogP contribution is -2.24. The molecule has 114 valence electrons. The fourth-order valence-corrected chi connectivity index (χ4v) is 2.14. The van der Waals surface area contributed by atoms with Crippen LogP contribution in [-0.4, -0.2) is 35.6 Å². The Kier molecular flexibility index (Phi) is 6.82. The standard InChI is InChI=1S/C16H26O4/c1-5-19-13-7-8-16(20-6-2)14(10-13)11(3)9-15(18)12(4)17/h7-8,10-12,15,17-18H,5-6,9H2,1-4H3. The van der Waals surface area contributed by atoms with Crippen molar-refractivity contribution < 1.29 is 19.7 Å². The molecule has 1 aromatic carbocycles. The zero-order valence-corrected chi connectivity index (χ0v) is 12.8. The van der Waals surface area contributed by atoms with Gasteiger partial charge in [0, 0.05) is 5.56 Å². The van der Waals surface area contributed by atoms with Gasteiger partial charge in [-0.2, -0.15) is 0 Å². The van der Waals surface area contributed by atoms with Crippen molar-refractivity contribution >= 4 is 0 Å². The molecule has 1 aromatic rings. The van der Waals surface area contributed by atoms with E-state index in [1.165, 1.54) is 0 Å². The minimum absolute atomic E-state index is 0.0709. The van der Waals surface area contributed by atoms with Crippen molar-refractivity contribution in [3.8, 4) is 11.5 Å². The highest BCUT2D eigenvalue weighted by molar-refractivity contribution is 5.42. The van der Waals surface area contributed by atoms with Crippen LogP contribution in [0.2, 0.25) is 0 Å². The van der Waals surface area contributed by atoms with Crippen LogP contribution in [0.4, 0.5) is 0 Å². The quantitative estimate of drug-likeness (QED) is 0.769. The summed E-state index contributed by atoms with van der Waals surface area (Å²) >= 11 is 0. The molecule has 4 nitrogen and oxygen atoms in total. The van der Waals surface area contributed by atoms with Gasteiger partial charge in [-0.05, 0) is 51.3 Å². The van der Waals surface area contributed by atoms with Crippen molar-refractivity contribution in [2.45, 2.75) is 52.2 Å². The van der Waals surface area contributed by atoms with Gasteiger partial charge in [0.05, 0.1) is 25.4 Å². The van der Waals surface area contributed by atoms with Crippen LogP contribution in [0.5, 0.6) is 11.5 Å². The summed E-state index contributed by atoms with van der Waals surface area (Å²) in [6.45, 7) is 8.69. The van der Waals surface area contributed by atoms with Crippen LogP contribution >= 0.6 is 0 Å². The molecule has 20 heavy (non-hydrogen) atoms. The fraction of sp³-hybridized carbons (Fsp3) is 0.625. The lowest BCUT2D eigenvalue weighted by Gasteiger charge is -2.21. The van der Waals surface area contributed by atoms with Gasteiger partial charge in [0.2, 0.25) is 0 Å². The van der Waals surface area contributed by atoms with Gasteiger partial charge < -0.3 is 19.7 Å². The van der Waals surface area contributed by atoms with Crippen LogP contribution in [0.1, 0.15) is 45.6 Å². The molecule has 0 bridgehead atoms. The average Bonchev–Trinajstić information content (AvgIpc) is 2.40. The maximum Gasteiger partial charge on any atom is 0.123 e. The molecular formula is C16H26O4. The minimum atomic E-state index is -0.741. The maximum absolute atomic E-state index is 9.83. The van der Waals surface area contributed by atoms with Gasteiger partial charge in [0.15, 0.2) is 0 Å². The lowest BCUT2D eigenvalue weighted by atomic mass is 9.92. The van der Waals surface area contributed by atoms with E-state index in [-0.39, 0.29) is 5.92 Å². The number of aliphatic hydroxyl groups is 2. The Morgan fingerprint density at radius 2 is 1.70 bits per heavy atom. The second kappa shape index (κ2) is 8.12. The molecule has 4 heteroatoms. The molecule has 0 spiro atoms. The van der Waals surface area contributed by atoms with E-state index < -0.39 is 12.2 Å². The van der Waals surface area contributed by atoms with E-state index in [2.05, 4.69) is 0 Å². The fourth-order valence-electron chi connectivity index (χ4n) is 2.14. The number of benzene rings is 1. The van der Waals surface area contributed by atoms with Gasteiger partial charge in [-0.15, -0.1) is 0 Å². The number of hydrogen-bond acceptors (Lipinski definition) is 4. The molecule has 3 unspecified atom stereocenters. The van der Waals surface area contributed by atoms with E-state index >= 15 is 0 Å². The zero-order chi connectivity index (χ0) is 15.1. The highest BCUT2D eigenvalue weighted by Gasteiger charge is 2.19.